The Morgan fingerprint density at radius 3 is 2.67 bits per heavy atom. The lowest BCUT2D eigenvalue weighted by Crippen LogP contribution is -2.40. The third kappa shape index (κ3) is 4.44. The van der Waals surface area contributed by atoms with Crippen LogP contribution in [0.1, 0.15) is 64.1 Å². The van der Waals surface area contributed by atoms with Gasteiger partial charge in [0.25, 0.3) is 0 Å². The lowest BCUT2D eigenvalue weighted by Gasteiger charge is -2.28. The standard InChI is InChI=1S/C25H36N4O3S/c1-17(21-15-18-6-7-19(21)14-18)26-25(30)11-10-24-27-22-16-20(8-9-23(22)28(24)2)33(31,32)29-12-4-3-5-13-29/h8-9,16-19,21H,3-7,10-15H2,1-2H3,(H,26,30). The first-order valence-electron chi connectivity index (χ1n) is 12.6. The number of rotatable bonds is 7. The van der Waals surface area contributed by atoms with Crippen molar-refractivity contribution in [3.63, 3.8) is 0 Å². The second-order valence-electron chi connectivity index (χ2n) is 10.4. The van der Waals surface area contributed by atoms with Crippen molar-refractivity contribution < 1.29 is 13.2 Å². The third-order valence-corrected chi connectivity index (χ3v) is 10.2. The second kappa shape index (κ2) is 9.02. The molecule has 3 aliphatic rings. The van der Waals surface area contributed by atoms with Crippen LogP contribution in [-0.2, 0) is 28.3 Å². The van der Waals surface area contributed by atoms with Crippen molar-refractivity contribution in [2.24, 2.45) is 24.8 Å². The van der Waals surface area contributed by atoms with Gasteiger partial charge in [-0.15, -0.1) is 0 Å². The van der Waals surface area contributed by atoms with Gasteiger partial charge in [-0.1, -0.05) is 12.8 Å². The SMILES string of the molecule is CC(NC(=O)CCc1nc2cc(S(=O)(=O)N3CCCCC3)ccc2n1C)C1CC2CCC1C2. The number of aryl methyl sites for hydroxylation is 2. The van der Waals surface area contributed by atoms with Gasteiger partial charge in [0.15, 0.2) is 0 Å². The lowest BCUT2D eigenvalue weighted by molar-refractivity contribution is -0.122. The topological polar surface area (TPSA) is 84.3 Å². The fraction of sp³-hybridized carbons (Fsp3) is 0.680. The summed E-state index contributed by atoms with van der Waals surface area (Å²) < 4.78 is 29.6. The fourth-order valence-corrected chi connectivity index (χ4v) is 7.97. The van der Waals surface area contributed by atoms with Crippen LogP contribution in [-0.4, -0.2) is 47.3 Å². The highest BCUT2D eigenvalue weighted by Gasteiger charge is 2.42. The Morgan fingerprint density at radius 2 is 1.97 bits per heavy atom. The summed E-state index contributed by atoms with van der Waals surface area (Å²) in [6, 6.07) is 5.43. The van der Waals surface area contributed by atoms with Gasteiger partial charge in [0, 0.05) is 39.0 Å². The van der Waals surface area contributed by atoms with Crippen molar-refractivity contribution in [2.45, 2.75) is 75.6 Å². The van der Waals surface area contributed by atoms with Crippen LogP contribution in [0.2, 0.25) is 0 Å². The number of nitrogens with one attached hydrogen (secondary N) is 1. The second-order valence-corrected chi connectivity index (χ2v) is 12.3. The average molecular weight is 473 g/mol. The van der Waals surface area contributed by atoms with Crippen molar-refractivity contribution in [1.29, 1.82) is 0 Å². The Balaban J connectivity index is 1.24. The molecule has 2 aromatic rings. The molecule has 1 N–H and O–H groups in total. The molecule has 180 valence electrons. The van der Waals surface area contributed by atoms with E-state index < -0.39 is 10.0 Å². The number of hydrogen-bond donors (Lipinski definition) is 1. The number of sulfonamides is 1. The zero-order valence-electron chi connectivity index (χ0n) is 19.8. The molecule has 8 heteroatoms. The molecule has 33 heavy (non-hydrogen) atoms. The molecule has 2 bridgehead atoms. The first-order chi connectivity index (χ1) is 15.8. The molecule has 3 fully saturated rings. The van der Waals surface area contributed by atoms with E-state index in [1.165, 1.54) is 25.7 Å². The van der Waals surface area contributed by atoms with Gasteiger partial charge in [-0.3, -0.25) is 4.79 Å². The highest BCUT2D eigenvalue weighted by molar-refractivity contribution is 7.89. The minimum absolute atomic E-state index is 0.0747. The quantitative estimate of drug-likeness (QED) is 0.667. The van der Waals surface area contributed by atoms with Crippen molar-refractivity contribution in [2.75, 3.05) is 13.1 Å². The number of nitrogens with zero attached hydrogens (tertiary/aromatic N) is 3. The van der Waals surface area contributed by atoms with Gasteiger partial charge < -0.3 is 9.88 Å². The highest BCUT2D eigenvalue weighted by atomic mass is 32.2. The van der Waals surface area contributed by atoms with E-state index in [9.17, 15) is 13.2 Å². The van der Waals surface area contributed by atoms with Crippen LogP contribution in [0, 0.1) is 17.8 Å². The molecule has 2 aliphatic carbocycles. The van der Waals surface area contributed by atoms with E-state index in [2.05, 4.69) is 12.2 Å². The zero-order valence-corrected chi connectivity index (χ0v) is 20.6. The molecular weight excluding hydrogens is 436 g/mol. The Hall–Kier alpha value is -1.93. The summed E-state index contributed by atoms with van der Waals surface area (Å²) >= 11 is 0. The average Bonchev–Trinajstić information content (AvgIpc) is 3.53. The number of carbonyl (C=O) groups is 1. The molecule has 4 unspecified atom stereocenters. The highest BCUT2D eigenvalue weighted by Crippen LogP contribution is 2.49. The van der Waals surface area contributed by atoms with Gasteiger partial charge in [-0.25, -0.2) is 13.4 Å². The smallest absolute Gasteiger partial charge is 0.243 e. The van der Waals surface area contributed by atoms with Crippen molar-refractivity contribution in [1.82, 2.24) is 19.2 Å². The number of aromatic nitrogens is 2. The number of piperidine rings is 1. The van der Waals surface area contributed by atoms with Gasteiger partial charge >= 0.3 is 0 Å². The van der Waals surface area contributed by atoms with Crippen molar-refractivity contribution in [3.05, 3.63) is 24.0 Å². The molecule has 1 aliphatic heterocycles. The lowest BCUT2D eigenvalue weighted by atomic mass is 9.84. The molecule has 4 atom stereocenters. The van der Waals surface area contributed by atoms with Crippen LogP contribution in [0.15, 0.2) is 23.1 Å². The summed E-state index contributed by atoms with van der Waals surface area (Å²) in [5, 5.41) is 3.23. The normalized spacial score (nSPS) is 26.7. The van der Waals surface area contributed by atoms with E-state index in [-0.39, 0.29) is 11.9 Å². The summed E-state index contributed by atoms with van der Waals surface area (Å²) in [5.74, 6) is 3.18. The number of benzene rings is 1. The number of carbonyl (C=O) groups excluding carboxylic acids is 1. The van der Waals surface area contributed by atoms with E-state index in [0.29, 0.717) is 42.3 Å². The molecule has 0 radical (unpaired) electrons. The van der Waals surface area contributed by atoms with Crippen LogP contribution >= 0.6 is 0 Å². The van der Waals surface area contributed by atoms with Gasteiger partial charge in [-0.2, -0.15) is 4.31 Å². The molecule has 2 saturated carbocycles. The van der Waals surface area contributed by atoms with Crippen molar-refractivity contribution in [3.8, 4) is 0 Å². The Labute approximate surface area is 197 Å². The van der Waals surface area contributed by atoms with Gasteiger partial charge in [0.05, 0.1) is 15.9 Å². The third-order valence-electron chi connectivity index (χ3n) is 8.30. The van der Waals surface area contributed by atoms with Crippen LogP contribution in [0.4, 0.5) is 0 Å². The molecule has 0 spiro atoms. The van der Waals surface area contributed by atoms with E-state index in [0.717, 1.165) is 42.4 Å². The molecule has 1 amide bonds. The van der Waals surface area contributed by atoms with Crippen LogP contribution in [0.25, 0.3) is 11.0 Å². The predicted octanol–water partition coefficient (Wildman–Crippen LogP) is 3.62. The van der Waals surface area contributed by atoms with Crippen LogP contribution < -0.4 is 5.32 Å². The van der Waals surface area contributed by atoms with Gasteiger partial charge in [-0.05, 0) is 75.0 Å². The Kier molecular flexibility index (Phi) is 6.25. The Bertz CT molecular complexity index is 1140. The molecular formula is C25H36N4O3S. The minimum Gasteiger partial charge on any atom is -0.353 e. The molecule has 7 nitrogen and oxygen atoms in total. The van der Waals surface area contributed by atoms with Gasteiger partial charge in [0.1, 0.15) is 5.82 Å². The summed E-state index contributed by atoms with van der Waals surface area (Å²) in [7, 11) is -1.56. The number of imidazole rings is 1. The van der Waals surface area contributed by atoms with Crippen LogP contribution in [0.3, 0.4) is 0 Å². The number of hydrogen-bond acceptors (Lipinski definition) is 4. The van der Waals surface area contributed by atoms with E-state index in [4.69, 9.17) is 4.98 Å². The maximum atomic E-state index is 13.0. The van der Waals surface area contributed by atoms with E-state index in [1.807, 2.05) is 17.7 Å². The maximum absolute atomic E-state index is 13.0. The number of amides is 1. The van der Waals surface area contributed by atoms with E-state index >= 15 is 0 Å². The zero-order chi connectivity index (χ0) is 23.2. The Morgan fingerprint density at radius 1 is 1.18 bits per heavy atom. The molecule has 1 saturated heterocycles. The minimum atomic E-state index is -3.49. The number of fused-ring (bicyclic) bond motifs is 3. The molecule has 1 aromatic heterocycles. The molecule has 2 heterocycles. The molecule has 1 aromatic carbocycles. The first-order valence-corrected chi connectivity index (χ1v) is 14.0. The predicted molar refractivity (Wildman–Crippen MR) is 128 cm³/mol. The monoisotopic (exact) mass is 472 g/mol. The summed E-state index contributed by atoms with van der Waals surface area (Å²) in [6.07, 6.45) is 9.15. The van der Waals surface area contributed by atoms with Gasteiger partial charge in [0.2, 0.25) is 15.9 Å². The summed E-state index contributed by atoms with van der Waals surface area (Å²) in [4.78, 5) is 17.6. The van der Waals surface area contributed by atoms with Crippen LogP contribution in [0.5, 0.6) is 0 Å². The largest absolute Gasteiger partial charge is 0.353 e. The molecule has 5 rings (SSSR count). The first kappa shape index (κ1) is 22.8. The summed E-state index contributed by atoms with van der Waals surface area (Å²) in [6.45, 7) is 3.33. The fourth-order valence-electron chi connectivity index (χ4n) is 6.43. The van der Waals surface area contributed by atoms with Crippen molar-refractivity contribution >= 4 is 27.0 Å². The maximum Gasteiger partial charge on any atom is 0.243 e. The summed E-state index contributed by atoms with van der Waals surface area (Å²) in [5.41, 5.74) is 1.56. The van der Waals surface area contributed by atoms with E-state index in [1.54, 1.807) is 16.4 Å².